The van der Waals surface area contributed by atoms with Crippen LogP contribution in [0.25, 0.3) is 0 Å². The second-order valence-electron chi connectivity index (χ2n) is 14.1. The van der Waals surface area contributed by atoms with Crippen LogP contribution in [0, 0.1) is 0 Å². The van der Waals surface area contributed by atoms with Gasteiger partial charge in [0.15, 0.2) is 23.0 Å². The molecule has 2 atom stereocenters. The summed E-state index contributed by atoms with van der Waals surface area (Å²) in [5.74, 6) is 1.46. The molecular weight excluding hydrogens is 697 g/mol. The molecule has 11 nitrogen and oxygen atoms in total. The van der Waals surface area contributed by atoms with Gasteiger partial charge in [-0.05, 0) is 76.6 Å². The van der Waals surface area contributed by atoms with Crippen LogP contribution in [0.15, 0.2) is 101 Å². The standard InChI is InChI=1S/C44H38N4O7/c1-52-39-16-35-37(45-20-32-14-28-7-3-5-9-30(28)22-47(32)43(35)50)18-41(39)54-24-26-11-27(13-34(49)12-26)25-55-42-19-38-36(17-40(42)53-2)44(51)48-23-31-10-6-4-8-29(31)15-33(48)21-46-38/h3-13,16-21,32-33,49H,14-15,22-25H2,1-2H3. The van der Waals surface area contributed by atoms with Crippen molar-refractivity contribution in [3.8, 4) is 28.7 Å². The topological polar surface area (TPSA) is 122 Å². The monoisotopic (exact) mass is 734 g/mol. The normalized spacial score (nSPS) is 17.8. The lowest BCUT2D eigenvalue weighted by Gasteiger charge is -2.34. The minimum absolute atomic E-state index is 0.0446. The molecule has 0 fully saturated rings. The van der Waals surface area contributed by atoms with E-state index >= 15 is 0 Å². The number of methoxy groups -OCH3 is 2. The Morgan fingerprint density at radius 3 is 1.47 bits per heavy atom. The van der Waals surface area contributed by atoms with Gasteiger partial charge in [-0.3, -0.25) is 19.6 Å². The van der Waals surface area contributed by atoms with E-state index in [1.807, 2.05) is 52.6 Å². The van der Waals surface area contributed by atoms with Crippen molar-refractivity contribution in [2.75, 3.05) is 14.2 Å². The minimum atomic E-state index is -0.153. The summed E-state index contributed by atoms with van der Waals surface area (Å²) in [6.07, 6.45) is 5.07. The molecule has 276 valence electrons. The first-order valence-electron chi connectivity index (χ1n) is 18.2. The summed E-state index contributed by atoms with van der Waals surface area (Å²) in [6, 6.07) is 28.0. The first-order chi connectivity index (χ1) is 26.8. The van der Waals surface area contributed by atoms with E-state index in [0.717, 1.165) is 11.1 Å². The van der Waals surface area contributed by atoms with E-state index < -0.39 is 0 Å². The predicted octanol–water partition coefficient (Wildman–Crippen LogP) is 7.13. The van der Waals surface area contributed by atoms with Crippen LogP contribution in [0.1, 0.15) is 54.1 Å². The van der Waals surface area contributed by atoms with Gasteiger partial charge in [0.25, 0.3) is 11.8 Å². The molecule has 1 N–H and O–H groups in total. The molecule has 0 radical (unpaired) electrons. The number of carbonyl (C=O) groups is 2. The summed E-state index contributed by atoms with van der Waals surface area (Å²) >= 11 is 0. The van der Waals surface area contributed by atoms with Gasteiger partial charge in [-0.15, -0.1) is 0 Å². The van der Waals surface area contributed by atoms with E-state index in [9.17, 15) is 14.7 Å². The molecule has 5 aromatic carbocycles. The fourth-order valence-corrected chi connectivity index (χ4v) is 7.88. The SMILES string of the molecule is COc1cc2c(cc1OCc1cc(O)cc(COc3cc4c(cc3OC)C(=O)N3Cc5ccccc5CC3C=N4)c1)N=CC1Cc3ccccc3CN1C2=O. The van der Waals surface area contributed by atoms with Gasteiger partial charge in [0.05, 0.1) is 48.8 Å². The van der Waals surface area contributed by atoms with E-state index in [2.05, 4.69) is 24.3 Å². The Labute approximate surface area is 318 Å². The van der Waals surface area contributed by atoms with Crippen molar-refractivity contribution < 1.29 is 33.6 Å². The average Bonchev–Trinajstić information content (AvgIpc) is 3.42. The maximum Gasteiger partial charge on any atom is 0.257 e. The fraction of sp³-hybridized carbons (Fsp3) is 0.227. The number of fused-ring (bicyclic) bond motifs is 6. The lowest BCUT2D eigenvalue weighted by Crippen LogP contribution is -2.44. The molecule has 4 heterocycles. The molecular formula is C44H38N4O7. The minimum Gasteiger partial charge on any atom is -0.508 e. The van der Waals surface area contributed by atoms with Crippen molar-refractivity contribution >= 4 is 35.6 Å². The van der Waals surface area contributed by atoms with Gasteiger partial charge in [-0.25, -0.2) is 0 Å². The van der Waals surface area contributed by atoms with Crippen LogP contribution in [-0.4, -0.2) is 65.5 Å². The number of nitrogens with zero attached hydrogens (tertiary/aromatic N) is 4. The second-order valence-corrected chi connectivity index (χ2v) is 14.1. The Balaban J connectivity index is 0.913. The van der Waals surface area contributed by atoms with Crippen LogP contribution < -0.4 is 18.9 Å². The predicted molar refractivity (Wildman–Crippen MR) is 207 cm³/mol. The molecule has 0 spiro atoms. The Bertz CT molecular complexity index is 2260. The van der Waals surface area contributed by atoms with Gasteiger partial charge < -0.3 is 33.9 Å². The average molecular weight is 735 g/mol. The van der Waals surface area contributed by atoms with Crippen LogP contribution in [0.5, 0.6) is 28.7 Å². The molecule has 2 unspecified atom stereocenters. The zero-order valence-electron chi connectivity index (χ0n) is 30.4. The quantitative estimate of drug-likeness (QED) is 0.180. The molecule has 55 heavy (non-hydrogen) atoms. The summed E-state index contributed by atoms with van der Waals surface area (Å²) in [5.41, 5.74) is 7.99. The number of amides is 2. The number of aliphatic imine (C=N–C) groups is 2. The highest BCUT2D eigenvalue weighted by atomic mass is 16.5. The Morgan fingerprint density at radius 2 is 1.04 bits per heavy atom. The van der Waals surface area contributed by atoms with Crippen molar-refractivity contribution in [1.29, 1.82) is 0 Å². The van der Waals surface area contributed by atoms with E-state index in [4.69, 9.17) is 28.9 Å². The number of benzene rings is 5. The van der Waals surface area contributed by atoms with Crippen molar-refractivity contribution in [1.82, 2.24) is 9.80 Å². The molecule has 0 aromatic heterocycles. The van der Waals surface area contributed by atoms with Crippen molar-refractivity contribution in [2.45, 2.75) is 51.2 Å². The summed E-state index contributed by atoms with van der Waals surface area (Å²) < 4.78 is 23.8. The largest absolute Gasteiger partial charge is 0.508 e. The van der Waals surface area contributed by atoms with Crippen molar-refractivity contribution in [2.24, 2.45) is 9.98 Å². The van der Waals surface area contributed by atoms with Crippen LogP contribution in [0.2, 0.25) is 0 Å². The van der Waals surface area contributed by atoms with Crippen LogP contribution >= 0.6 is 0 Å². The maximum absolute atomic E-state index is 13.8. The summed E-state index contributed by atoms with van der Waals surface area (Å²) in [5, 5.41) is 10.7. The van der Waals surface area contributed by atoms with E-state index in [0.29, 0.717) is 82.6 Å². The zero-order chi connectivity index (χ0) is 37.6. The van der Waals surface area contributed by atoms with E-state index in [-0.39, 0.29) is 42.9 Å². The second kappa shape index (κ2) is 14.0. The molecule has 2 amide bonds. The number of hydrogen-bond donors (Lipinski definition) is 1. The Kier molecular flexibility index (Phi) is 8.69. The molecule has 0 aliphatic carbocycles. The molecule has 0 bridgehead atoms. The fourth-order valence-electron chi connectivity index (χ4n) is 7.88. The van der Waals surface area contributed by atoms with Gasteiger partial charge in [0.2, 0.25) is 0 Å². The van der Waals surface area contributed by atoms with Gasteiger partial charge in [0, 0.05) is 37.7 Å². The third-order valence-electron chi connectivity index (χ3n) is 10.7. The summed E-state index contributed by atoms with van der Waals surface area (Å²) in [4.78, 5) is 40.7. The van der Waals surface area contributed by atoms with Crippen molar-refractivity contribution in [3.63, 3.8) is 0 Å². The molecule has 11 heteroatoms. The van der Waals surface area contributed by atoms with Gasteiger partial charge in [-0.1, -0.05) is 48.5 Å². The van der Waals surface area contributed by atoms with Gasteiger partial charge >= 0.3 is 0 Å². The number of ether oxygens (including phenoxy) is 4. The maximum atomic E-state index is 13.8. The zero-order valence-corrected chi connectivity index (χ0v) is 30.4. The third-order valence-corrected chi connectivity index (χ3v) is 10.7. The van der Waals surface area contributed by atoms with Crippen LogP contribution in [0.3, 0.4) is 0 Å². The van der Waals surface area contributed by atoms with Gasteiger partial charge in [-0.2, -0.15) is 0 Å². The molecule has 9 rings (SSSR count). The van der Waals surface area contributed by atoms with Crippen LogP contribution in [-0.2, 0) is 39.1 Å². The van der Waals surface area contributed by atoms with E-state index in [1.165, 1.54) is 25.3 Å². The number of phenolic OH excluding ortho intramolecular Hbond substituents is 1. The molecule has 4 aliphatic rings. The first kappa shape index (κ1) is 34.2. The molecule has 0 saturated carbocycles. The number of carbonyl (C=O) groups excluding carboxylic acids is 2. The lowest BCUT2D eigenvalue weighted by atomic mass is 9.94. The highest BCUT2D eigenvalue weighted by Crippen LogP contribution is 2.41. The molecule has 4 aliphatic heterocycles. The summed E-state index contributed by atoms with van der Waals surface area (Å²) in [6.45, 7) is 1.21. The molecule has 5 aromatic rings. The number of phenols is 1. The highest BCUT2D eigenvalue weighted by Gasteiger charge is 2.35. The highest BCUT2D eigenvalue weighted by molar-refractivity contribution is 6.04. The van der Waals surface area contributed by atoms with Crippen molar-refractivity contribution in [3.05, 3.63) is 136 Å². The molecule has 0 saturated heterocycles. The summed E-state index contributed by atoms with van der Waals surface area (Å²) in [7, 11) is 3.06. The Hall–Kier alpha value is -6.62. The third kappa shape index (κ3) is 6.41. The van der Waals surface area contributed by atoms with Gasteiger partial charge in [0.1, 0.15) is 19.0 Å². The number of aromatic hydroxyl groups is 1. The number of hydrogen-bond acceptors (Lipinski definition) is 9. The number of rotatable bonds is 8. The lowest BCUT2D eigenvalue weighted by molar-refractivity contribution is 0.0696. The van der Waals surface area contributed by atoms with Crippen LogP contribution in [0.4, 0.5) is 11.4 Å². The smallest absolute Gasteiger partial charge is 0.257 e. The first-order valence-corrected chi connectivity index (χ1v) is 18.2. The Morgan fingerprint density at radius 1 is 0.600 bits per heavy atom. The van der Waals surface area contributed by atoms with E-state index in [1.54, 1.807) is 36.4 Å².